The van der Waals surface area contributed by atoms with Crippen molar-refractivity contribution in [3.63, 3.8) is 0 Å². The number of urea groups is 1. The highest BCUT2D eigenvalue weighted by atomic mass is 16.5. The van der Waals surface area contributed by atoms with Crippen LogP contribution < -0.4 is 5.32 Å². The van der Waals surface area contributed by atoms with Crippen LogP contribution in [-0.2, 0) is 5.41 Å². The first-order valence-corrected chi connectivity index (χ1v) is 13.3. The molecule has 0 fully saturated rings. The van der Waals surface area contributed by atoms with E-state index >= 15 is 0 Å². The molecule has 4 aromatic rings. The SMILES string of the molecule is CC(NC(=O)c1noc(C(C)(C)C)n1)c1ccc(-c2ccnc3n[nH]c(C4=CCCN(C(=O)N(C)C)C4)c23)cc1. The highest BCUT2D eigenvalue weighted by Crippen LogP contribution is 2.34. The van der Waals surface area contributed by atoms with Gasteiger partial charge in [-0.1, -0.05) is 56.3 Å². The summed E-state index contributed by atoms with van der Waals surface area (Å²) in [5.74, 6) is 0.0399. The van der Waals surface area contributed by atoms with Gasteiger partial charge in [-0.25, -0.2) is 9.78 Å². The van der Waals surface area contributed by atoms with Crippen LogP contribution in [0.4, 0.5) is 4.79 Å². The van der Waals surface area contributed by atoms with Crippen molar-refractivity contribution in [2.45, 2.75) is 45.6 Å². The summed E-state index contributed by atoms with van der Waals surface area (Å²) < 4.78 is 5.25. The maximum atomic E-state index is 12.7. The first kappa shape index (κ1) is 27.0. The van der Waals surface area contributed by atoms with Crippen LogP contribution in [0.15, 0.2) is 47.1 Å². The topological polar surface area (TPSA) is 133 Å². The van der Waals surface area contributed by atoms with Crippen molar-refractivity contribution in [2.24, 2.45) is 0 Å². The average molecular weight is 543 g/mol. The van der Waals surface area contributed by atoms with Crippen LogP contribution in [0, 0.1) is 0 Å². The molecular formula is C29H34N8O3. The molecule has 2 N–H and O–H groups in total. The Labute approximate surface area is 232 Å². The number of nitrogens with zero attached hydrogens (tertiary/aromatic N) is 6. The molecule has 1 unspecified atom stereocenters. The average Bonchev–Trinajstić information content (AvgIpc) is 3.61. The summed E-state index contributed by atoms with van der Waals surface area (Å²) in [5, 5.41) is 15.3. The van der Waals surface area contributed by atoms with Gasteiger partial charge in [0, 0.05) is 38.8 Å². The van der Waals surface area contributed by atoms with Crippen LogP contribution in [0.3, 0.4) is 0 Å². The Balaban J connectivity index is 1.37. The number of nitrogens with one attached hydrogen (secondary N) is 2. The third kappa shape index (κ3) is 5.31. The Bertz CT molecular complexity index is 1580. The number of pyridine rings is 1. The lowest BCUT2D eigenvalue weighted by Gasteiger charge is -2.29. The van der Waals surface area contributed by atoms with Crippen molar-refractivity contribution >= 4 is 28.5 Å². The van der Waals surface area contributed by atoms with E-state index in [4.69, 9.17) is 4.52 Å². The maximum absolute atomic E-state index is 12.7. The number of aromatic amines is 1. The summed E-state index contributed by atoms with van der Waals surface area (Å²) in [7, 11) is 3.52. The maximum Gasteiger partial charge on any atom is 0.319 e. The van der Waals surface area contributed by atoms with E-state index in [-0.39, 0.29) is 23.3 Å². The van der Waals surface area contributed by atoms with Gasteiger partial charge in [0.1, 0.15) is 0 Å². The normalized spacial score (nSPS) is 14.7. The molecule has 1 aromatic carbocycles. The van der Waals surface area contributed by atoms with Gasteiger partial charge in [0.2, 0.25) is 5.89 Å². The van der Waals surface area contributed by atoms with Crippen molar-refractivity contribution in [3.05, 3.63) is 65.6 Å². The van der Waals surface area contributed by atoms with Gasteiger partial charge < -0.3 is 19.6 Å². The van der Waals surface area contributed by atoms with E-state index < -0.39 is 5.91 Å². The Morgan fingerprint density at radius 2 is 1.90 bits per heavy atom. The van der Waals surface area contributed by atoms with Gasteiger partial charge in [-0.05, 0) is 41.7 Å². The molecule has 0 radical (unpaired) electrons. The zero-order chi connectivity index (χ0) is 28.6. The van der Waals surface area contributed by atoms with Crippen LogP contribution in [0.5, 0.6) is 0 Å². The molecule has 11 nitrogen and oxygen atoms in total. The van der Waals surface area contributed by atoms with Crippen LogP contribution in [0.25, 0.3) is 27.7 Å². The molecule has 40 heavy (non-hydrogen) atoms. The minimum absolute atomic E-state index is 0.0152. The quantitative estimate of drug-likeness (QED) is 0.377. The van der Waals surface area contributed by atoms with Crippen molar-refractivity contribution in [1.29, 1.82) is 0 Å². The molecule has 208 valence electrons. The molecule has 0 saturated heterocycles. The minimum Gasteiger partial charge on any atom is -0.343 e. The fraction of sp³-hybridized carbons (Fsp3) is 0.379. The monoisotopic (exact) mass is 542 g/mol. The number of hydrogen-bond donors (Lipinski definition) is 2. The van der Waals surface area contributed by atoms with Gasteiger partial charge in [0.25, 0.3) is 11.7 Å². The van der Waals surface area contributed by atoms with Crippen LogP contribution in [0.2, 0.25) is 0 Å². The fourth-order valence-electron chi connectivity index (χ4n) is 4.71. The van der Waals surface area contributed by atoms with Crippen LogP contribution >= 0.6 is 0 Å². The molecule has 0 bridgehead atoms. The standard InChI is InChI=1S/C29H34N8O3/c1-17(31-26(38)25-32-27(40-35-25)29(2,3)4)18-9-11-19(12-10-18)21-13-14-30-24-22(21)23(33-34-24)20-8-7-15-37(16-20)28(39)36(5)6/h8-14,17H,7,15-16H2,1-6H3,(H,31,38)(H,30,33,34). The number of benzene rings is 1. The lowest BCUT2D eigenvalue weighted by molar-refractivity contribution is 0.0926. The molecule has 3 amide bonds. The molecule has 1 atom stereocenters. The highest BCUT2D eigenvalue weighted by molar-refractivity contribution is 6.00. The Morgan fingerprint density at radius 1 is 1.15 bits per heavy atom. The fourth-order valence-corrected chi connectivity index (χ4v) is 4.71. The van der Waals surface area contributed by atoms with E-state index in [1.54, 1.807) is 25.2 Å². The molecule has 0 saturated carbocycles. The summed E-state index contributed by atoms with van der Waals surface area (Å²) in [6.07, 6.45) is 4.67. The van der Waals surface area contributed by atoms with Gasteiger partial charge in [-0.15, -0.1) is 0 Å². The lowest BCUT2D eigenvalue weighted by Crippen LogP contribution is -2.42. The van der Waals surface area contributed by atoms with Crippen molar-refractivity contribution < 1.29 is 14.1 Å². The van der Waals surface area contributed by atoms with Crippen molar-refractivity contribution in [2.75, 3.05) is 27.2 Å². The van der Waals surface area contributed by atoms with E-state index in [1.807, 2.05) is 62.9 Å². The minimum atomic E-state index is -0.391. The lowest BCUT2D eigenvalue weighted by atomic mass is 9.96. The largest absolute Gasteiger partial charge is 0.343 e. The van der Waals surface area contributed by atoms with E-state index in [1.165, 1.54) is 0 Å². The molecular weight excluding hydrogens is 508 g/mol. The Hall–Kier alpha value is -4.54. The summed E-state index contributed by atoms with van der Waals surface area (Å²) in [6, 6.07) is 9.70. The van der Waals surface area contributed by atoms with Crippen molar-refractivity contribution in [1.82, 2.24) is 40.4 Å². The van der Waals surface area contributed by atoms with Crippen LogP contribution in [0.1, 0.15) is 67.9 Å². The highest BCUT2D eigenvalue weighted by Gasteiger charge is 2.26. The Kier molecular flexibility index (Phi) is 7.14. The number of aromatic nitrogens is 5. The second-order valence-electron chi connectivity index (χ2n) is 11.3. The summed E-state index contributed by atoms with van der Waals surface area (Å²) >= 11 is 0. The zero-order valence-electron chi connectivity index (χ0n) is 23.6. The van der Waals surface area contributed by atoms with Crippen LogP contribution in [-0.4, -0.2) is 74.2 Å². The number of carbonyl (C=O) groups excluding carboxylic acids is 2. The molecule has 0 spiro atoms. The summed E-state index contributed by atoms with van der Waals surface area (Å²) in [6.45, 7) is 8.93. The first-order valence-electron chi connectivity index (χ1n) is 13.3. The first-order chi connectivity index (χ1) is 19.0. The third-order valence-corrected chi connectivity index (χ3v) is 6.92. The molecule has 1 aliphatic heterocycles. The summed E-state index contributed by atoms with van der Waals surface area (Å²) in [4.78, 5) is 37.4. The number of hydrogen-bond acceptors (Lipinski definition) is 7. The molecule has 0 aliphatic carbocycles. The predicted molar refractivity (Wildman–Crippen MR) is 151 cm³/mol. The van der Waals surface area contributed by atoms with E-state index in [9.17, 15) is 9.59 Å². The molecule has 5 rings (SSSR count). The van der Waals surface area contributed by atoms with Gasteiger partial charge in [-0.3, -0.25) is 9.89 Å². The molecule has 3 aromatic heterocycles. The van der Waals surface area contributed by atoms with Gasteiger partial charge in [-0.2, -0.15) is 10.1 Å². The number of rotatable bonds is 5. The van der Waals surface area contributed by atoms with E-state index in [0.717, 1.165) is 39.8 Å². The van der Waals surface area contributed by atoms with Gasteiger partial charge in [0.15, 0.2) is 5.65 Å². The summed E-state index contributed by atoms with van der Waals surface area (Å²) in [5.41, 5.74) is 5.07. The van der Waals surface area contributed by atoms with E-state index in [2.05, 4.69) is 36.7 Å². The molecule has 1 aliphatic rings. The zero-order valence-corrected chi connectivity index (χ0v) is 23.6. The smallest absolute Gasteiger partial charge is 0.319 e. The molecule has 4 heterocycles. The second-order valence-corrected chi connectivity index (χ2v) is 11.3. The van der Waals surface area contributed by atoms with Crippen molar-refractivity contribution in [3.8, 4) is 11.1 Å². The number of amides is 3. The van der Waals surface area contributed by atoms with Gasteiger partial charge >= 0.3 is 6.03 Å². The predicted octanol–water partition coefficient (Wildman–Crippen LogP) is 4.57. The number of carbonyl (C=O) groups is 2. The third-order valence-electron chi connectivity index (χ3n) is 6.92. The van der Waals surface area contributed by atoms with Gasteiger partial charge in [0.05, 0.1) is 17.1 Å². The van der Waals surface area contributed by atoms with E-state index in [0.29, 0.717) is 24.6 Å². The molecule has 11 heteroatoms. The number of H-pyrrole nitrogens is 1. The Morgan fingerprint density at radius 3 is 2.58 bits per heavy atom. The number of fused-ring (bicyclic) bond motifs is 1. The second kappa shape index (κ2) is 10.6.